The number of hydrogen-bond donors (Lipinski definition) is 1. The zero-order valence-corrected chi connectivity index (χ0v) is 13.1. The summed E-state index contributed by atoms with van der Waals surface area (Å²) in [5.74, 6) is 0. The van der Waals surface area contributed by atoms with Crippen LogP contribution >= 0.6 is 26.3 Å². The second-order valence-corrected chi connectivity index (χ2v) is 3.61. The number of hydrogen-bond acceptors (Lipinski definition) is 3. The topological polar surface area (TPSA) is 40.5 Å². The summed E-state index contributed by atoms with van der Waals surface area (Å²) in [6.45, 7) is 1.88. The van der Waals surface area contributed by atoms with E-state index in [1.165, 1.54) is 0 Å². The summed E-state index contributed by atoms with van der Waals surface area (Å²) in [7, 11) is 3.72. The van der Waals surface area contributed by atoms with Gasteiger partial charge in [-0.25, -0.2) is 0 Å². The van der Waals surface area contributed by atoms with Crippen LogP contribution in [0.25, 0.3) is 0 Å². The van der Waals surface area contributed by atoms with Crippen molar-refractivity contribution in [2.45, 2.75) is 6.92 Å². The van der Waals surface area contributed by atoms with Crippen molar-refractivity contribution in [3.8, 4) is 0 Å². The van der Waals surface area contributed by atoms with Crippen LogP contribution in [-0.4, -0.2) is 34.8 Å². The molecule has 0 atom stereocenters. The maximum atomic E-state index is 5.03. The molecule has 7 heteroatoms. The molecule has 0 saturated heterocycles. The third kappa shape index (κ3) is 6.73. The van der Waals surface area contributed by atoms with E-state index in [-0.39, 0.29) is 0 Å². The van der Waals surface area contributed by atoms with Crippen molar-refractivity contribution in [3.63, 3.8) is 0 Å². The average molecular weight is 366 g/mol. The quantitative estimate of drug-likeness (QED) is 0.377. The maximum absolute atomic E-state index is 5.03. The molecule has 0 aliphatic heterocycles. The zero-order valence-electron chi connectivity index (χ0n) is 9.74. The van der Waals surface area contributed by atoms with Crippen LogP contribution in [0.1, 0.15) is 12.6 Å². The molecule has 0 aliphatic carbocycles. The number of nitrogens with one attached hydrogen (secondary N) is 1. The minimum atomic E-state index is 0.574. The summed E-state index contributed by atoms with van der Waals surface area (Å²) in [4.78, 5) is 5.96. The monoisotopic (exact) mass is 364 g/mol. The molecule has 0 spiro atoms. The van der Waals surface area contributed by atoms with Gasteiger partial charge >= 0.3 is 28.3 Å². The molecule has 0 radical (unpaired) electrons. The SMILES string of the molecule is CC(=NNC(=S)N(C)C)c1ccccn1.[Cu+][Br]. The summed E-state index contributed by atoms with van der Waals surface area (Å²) in [5, 5.41) is 4.71. The Balaban J connectivity index is 0.00000121. The Morgan fingerprint density at radius 3 is 2.59 bits per heavy atom. The molecule has 0 aromatic carbocycles. The Labute approximate surface area is 122 Å². The molecule has 97 valence electrons. The fourth-order valence-electron chi connectivity index (χ4n) is 0.866. The Kier molecular flexibility index (Phi) is 9.26. The van der Waals surface area contributed by atoms with Crippen molar-refractivity contribution in [2.75, 3.05) is 14.1 Å². The minimum absolute atomic E-state index is 0.574. The molecular formula is C10H14BrCuN4S+. The third-order valence-corrected chi connectivity index (χ3v) is 2.22. The van der Waals surface area contributed by atoms with Crippen molar-refractivity contribution in [3.05, 3.63) is 30.1 Å². The van der Waals surface area contributed by atoms with Gasteiger partial charge in [0.25, 0.3) is 0 Å². The van der Waals surface area contributed by atoms with Crippen molar-refractivity contribution >= 4 is 37.2 Å². The van der Waals surface area contributed by atoms with Gasteiger partial charge in [0, 0.05) is 20.3 Å². The molecule has 0 amide bonds. The molecule has 1 N–H and O–H groups in total. The van der Waals surface area contributed by atoms with Gasteiger partial charge in [-0.2, -0.15) is 5.10 Å². The van der Waals surface area contributed by atoms with Crippen LogP contribution in [-0.2, 0) is 14.2 Å². The Morgan fingerprint density at radius 2 is 2.12 bits per heavy atom. The standard InChI is InChI=1S/C10H14N4S.BrH.Cu/c1-8(9-6-4-5-7-11-9)12-13-10(15)14(2)3;;/h4-7H,1-3H3,(H,13,15);1H;/q;;+2/p-1. The Hall–Kier alpha value is -0.491. The van der Waals surface area contributed by atoms with Crippen molar-refractivity contribution < 1.29 is 14.2 Å². The van der Waals surface area contributed by atoms with E-state index in [4.69, 9.17) is 12.2 Å². The summed E-state index contributed by atoms with van der Waals surface area (Å²) in [6.07, 6.45) is 1.73. The van der Waals surface area contributed by atoms with E-state index >= 15 is 0 Å². The third-order valence-electron chi connectivity index (χ3n) is 1.76. The number of nitrogens with zero attached hydrogens (tertiary/aromatic N) is 3. The molecule has 0 unspecified atom stereocenters. The van der Waals surface area contributed by atoms with E-state index in [0.29, 0.717) is 5.11 Å². The van der Waals surface area contributed by atoms with Crippen LogP contribution in [0, 0.1) is 0 Å². The first kappa shape index (κ1) is 16.5. The molecule has 1 aromatic heterocycles. The van der Waals surface area contributed by atoms with E-state index in [1.807, 2.05) is 39.2 Å². The van der Waals surface area contributed by atoms with Gasteiger partial charge in [-0.3, -0.25) is 10.4 Å². The van der Waals surface area contributed by atoms with Gasteiger partial charge in [0.2, 0.25) is 0 Å². The van der Waals surface area contributed by atoms with Crippen LogP contribution < -0.4 is 5.43 Å². The molecular weight excluding hydrogens is 352 g/mol. The van der Waals surface area contributed by atoms with E-state index in [0.717, 1.165) is 11.4 Å². The molecule has 0 fully saturated rings. The normalized spacial score (nSPS) is 10.1. The van der Waals surface area contributed by atoms with Gasteiger partial charge in [0.05, 0.1) is 11.4 Å². The summed E-state index contributed by atoms with van der Waals surface area (Å²) >= 11 is 11.5. The van der Waals surface area contributed by atoms with E-state index in [1.54, 1.807) is 11.1 Å². The van der Waals surface area contributed by atoms with Crippen molar-refractivity contribution in [2.24, 2.45) is 5.10 Å². The molecule has 17 heavy (non-hydrogen) atoms. The number of thiocarbonyl (C=S) groups is 1. The predicted octanol–water partition coefficient (Wildman–Crippen LogP) is 2.08. The van der Waals surface area contributed by atoms with Gasteiger partial charge in [0.1, 0.15) is 0 Å². The summed E-state index contributed by atoms with van der Waals surface area (Å²) < 4.78 is 0. The molecule has 0 aliphatic rings. The van der Waals surface area contributed by atoms with Gasteiger partial charge in [-0.15, -0.1) is 0 Å². The molecule has 1 heterocycles. The van der Waals surface area contributed by atoms with Crippen LogP contribution in [0.2, 0.25) is 0 Å². The fraction of sp³-hybridized carbons (Fsp3) is 0.300. The second-order valence-electron chi connectivity index (χ2n) is 3.22. The number of pyridine rings is 1. The average Bonchev–Trinajstić information content (AvgIpc) is 2.38. The fourth-order valence-corrected chi connectivity index (χ4v) is 0.911. The molecule has 1 rings (SSSR count). The molecule has 0 saturated carbocycles. The number of hydrazone groups is 1. The zero-order chi connectivity index (χ0) is 13.3. The van der Waals surface area contributed by atoms with Gasteiger partial charge < -0.3 is 4.90 Å². The first-order chi connectivity index (χ1) is 8.11. The van der Waals surface area contributed by atoms with Crippen molar-refractivity contribution in [1.82, 2.24) is 15.3 Å². The van der Waals surface area contributed by atoms with Crippen LogP contribution in [0.5, 0.6) is 0 Å². The summed E-state index contributed by atoms with van der Waals surface area (Å²) in [6, 6.07) is 5.69. The number of aromatic nitrogens is 1. The van der Waals surface area contributed by atoms with Crippen LogP contribution in [0.15, 0.2) is 29.5 Å². The first-order valence-electron chi connectivity index (χ1n) is 4.65. The van der Waals surface area contributed by atoms with Gasteiger partial charge in [0.15, 0.2) is 5.11 Å². The van der Waals surface area contributed by atoms with Crippen LogP contribution in [0.3, 0.4) is 0 Å². The summed E-state index contributed by atoms with van der Waals surface area (Å²) in [5.41, 5.74) is 4.43. The van der Waals surface area contributed by atoms with Gasteiger partial charge in [-0.05, 0) is 31.3 Å². The van der Waals surface area contributed by atoms with Crippen LogP contribution in [0.4, 0.5) is 0 Å². The Morgan fingerprint density at radius 1 is 1.47 bits per heavy atom. The van der Waals surface area contributed by atoms with Crippen molar-refractivity contribution in [1.29, 1.82) is 0 Å². The number of halogens is 1. The predicted molar refractivity (Wildman–Crippen MR) is 74.8 cm³/mol. The molecule has 0 bridgehead atoms. The molecule has 1 aromatic rings. The van der Waals surface area contributed by atoms with E-state index in [9.17, 15) is 0 Å². The first-order valence-corrected chi connectivity index (χ1v) is 7.39. The molecule has 4 nitrogen and oxygen atoms in total. The van der Waals surface area contributed by atoms with E-state index < -0.39 is 0 Å². The number of rotatable bonds is 2. The van der Waals surface area contributed by atoms with E-state index in [2.05, 4.69) is 43.8 Å². The Bertz CT molecular complexity index is 370. The second kappa shape index (κ2) is 9.53. The van der Waals surface area contributed by atoms with Gasteiger partial charge in [-0.1, -0.05) is 6.07 Å².